The average Bonchev–Trinajstić information content (AvgIpc) is 3.23. The molecule has 2 aliphatic heterocycles. The van der Waals surface area contributed by atoms with Crippen LogP contribution in [-0.4, -0.2) is 62.1 Å². The number of rotatable bonds is 4. The lowest BCUT2D eigenvalue weighted by molar-refractivity contribution is 0.00578. The Balaban J connectivity index is 1.34. The number of hydrogen-bond acceptors (Lipinski definition) is 4. The Morgan fingerprint density at radius 1 is 1.00 bits per heavy atom. The molecule has 2 atom stereocenters. The molecule has 0 radical (unpaired) electrons. The van der Waals surface area contributed by atoms with Crippen LogP contribution in [0.25, 0.3) is 0 Å². The van der Waals surface area contributed by atoms with Crippen LogP contribution in [0.3, 0.4) is 0 Å². The van der Waals surface area contributed by atoms with E-state index in [1.807, 2.05) is 0 Å². The zero-order chi connectivity index (χ0) is 18.5. The lowest BCUT2D eigenvalue weighted by Crippen LogP contribution is -2.47. The maximum Gasteiger partial charge on any atom is 0.494 e. The Bertz CT molecular complexity index is 628. The number of alkyl halides is 1. The predicted octanol–water partition coefficient (Wildman–Crippen LogP) is 2.47. The Morgan fingerprint density at radius 2 is 1.54 bits per heavy atom. The molecule has 1 aromatic rings. The van der Waals surface area contributed by atoms with Crippen molar-refractivity contribution in [1.82, 2.24) is 4.90 Å². The van der Waals surface area contributed by atoms with Crippen LogP contribution in [0.15, 0.2) is 24.3 Å². The molecule has 0 unspecified atom stereocenters. The molecule has 1 aromatic carbocycles. The van der Waals surface area contributed by atoms with Gasteiger partial charge in [-0.25, -0.2) is 4.39 Å². The van der Waals surface area contributed by atoms with Crippen LogP contribution in [0.5, 0.6) is 0 Å². The van der Waals surface area contributed by atoms with Crippen LogP contribution < -0.4 is 10.4 Å². The molecule has 3 fully saturated rings. The molecule has 4 nitrogen and oxygen atoms in total. The molecular formula is C20H30BFN2O2. The van der Waals surface area contributed by atoms with Crippen LogP contribution in [-0.2, 0) is 9.31 Å². The highest BCUT2D eigenvalue weighted by atomic mass is 19.1. The molecule has 3 aliphatic rings. The van der Waals surface area contributed by atoms with Gasteiger partial charge in [0.15, 0.2) is 0 Å². The van der Waals surface area contributed by atoms with E-state index < -0.39 is 6.17 Å². The zero-order valence-electron chi connectivity index (χ0n) is 16.4. The quantitative estimate of drug-likeness (QED) is 0.771. The van der Waals surface area contributed by atoms with Gasteiger partial charge < -0.3 is 14.2 Å². The van der Waals surface area contributed by atoms with Crippen LogP contribution in [0.1, 0.15) is 34.1 Å². The summed E-state index contributed by atoms with van der Waals surface area (Å²) in [7, 11) is -0.307. The smallest absolute Gasteiger partial charge is 0.399 e. The first kappa shape index (κ1) is 18.3. The highest BCUT2D eigenvalue weighted by Crippen LogP contribution is 2.37. The third-order valence-electron chi connectivity index (χ3n) is 6.48. The molecule has 4 rings (SSSR count). The van der Waals surface area contributed by atoms with E-state index in [-0.39, 0.29) is 18.3 Å². The van der Waals surface area contributed by atoms with Crippen molar-refractivity contribution in [2.24, 2.45) is 5.92 Å². The van der Waals surface area contributed by atoms with Crippen LogP contribution in [0.2, 0.25) is 0 Å². The van der Waals surface area contributed by atoms with Crippen molar-refractivity contribution < 1.29 is 13.7 Å². The minimum Gasteiger partial charge on any atom is -0.399 e. The van der Waals surface area contributed by atoms with Gasteiger partial charge in [-0.15, -0.1) is 0 Å². The lowest BCUT2D eigenvalue weighted by atomic mass is 9.79. The number of benzene rings is 1. The largest absolute Gasteiger partial charge is 0.494 e. The summed E-state index contributed by atoms with van der Waals surface area (Å²) in [5.74, 6) is 0.292. The Labute approximate surface area is 156 Å². The maximum absolute atomic E-state index is 13.1. The summed E-state index contributed by atoms with van der Waals surface area (Å²) < 4.78 is 25.3. The third-order valence-corrected chi connectivity index (χ3v) is 6.48. The van der Waals surface area contributed by atoms with E-state index in [9.17, 15) is 4.39 Å². The first-order valence-corrected chi connectivity index (χ1v) is 9.82. The van der Waals surface area contributed by atoms with Gasteiger partial charge in [0.25, 0.3) is 0 Å². The van der Waals surface area contributed by atoms with Crippen molar-refractivity contribution >= 4 is 18.3 Å². The fourth-order valence-corrected chi connectivity index (χ4v) is 3.74. The molecule has 0 amide bonds. The lowest BCUT2D eigenvalue weighted by Gasteiger charge is -2.36. The first-order valence-electron chi connectivity index (χ1n) is 9.82. The van der Waals surface area contributed by atoms with E-state index in [4.69, 9.17) is 9.31 Å². The molecule has 0 aromatic heterocycles. The maximum atomic E-state index is 13.1. The van der Waals surface area contributed by atoms with E-state index in [1.54, 1.807) is 0 Å². The van der Waals surface area contributed by atoms with E-state index in [1.165, 1.54) is 5.69 Å². The van der Waals surface area contributed by atoms with Crippen LogP contribution >= 0.6 is 0 Å². The normalized spacial score (nSPS) is 30.7. The molecule has 0 N–H and O–H groups in total. The van der Waals surface area contributed by atoms with Gasteiger partial charge >= 0.3 is 7.12 Å². The second kappa shape index (κ2) is 6.50. The fourth-order valence-electron chi connectivity index (χ4n) is 3.74. The van der Waals surface area contributed by atoms with Gasteiger partial charge in [-0.1, -0.05) is 12.1 Å². The summed E-state index contributed by atoms with van der Waals surface area (Å²) in [5, 5.41) is 0. The van der Waals surface area contributed by atoms with Crippen molar-refractivity contribution in [3.8, 4) is 0 Å². The summed E-state index contributed by atoms with van der Waals surface area (Å²) in [6.07, 6.45) is 0.219. The van der Waals surface area contributed by atoms with Crippen molar-refractivity contribution in [2.45, 2.75) is 51.5 Å². The molecular weight excluding hydrogens is 330 g/mol. The van der Waals surface area contributed by atoms with Gasteiger partial charge in [-0.05, 0) is 51.7 Å². The second-order valence-corrected chi connectivity index (χ2v) is 8.98. The summed E-state index contributed by atoms with van der Waals surface area (Å²) >= 11 is 0. The van der Waals surface area contributed by atoms with E-state index >= 15 is 0 Å². The minimum atomic E-state index is -0.546. The molecule has 6 heteroatoms. The molecule has 0 bridgehead atoms. The monoisotopic (exact) mass is 360 g/mol. The van der Waals surface area contributed by atoms with Gasteiger partial charge in [0, 0.05) is 44.3 Å². The highest BCUT2D eigenvalue weighted by molar-refractivity contribution is 6.62. The van der Waals surface area contributed by atoms with Gasteiger partial charge in [-0.2, -0.15) is 0 Å². The average molecular weight is 360 g/mol. The third kappa shape index (κ3) is 3.51. The van der Waals surface area contributed by atoms with E-state index in [0.29, 0.717) is 5.92 Å². The topological polar surface area (TPSA) is 24.9 Å². The first-order chi connectivity index (χ1) is 12.2. The summed E-state index contributed by atoms with van der Waals surface area (Å²) in [6, 6.07) is 8.55. The van der Waals surface area contributed by atoms with Gasteiger partial charge in [-0.3, -0.25) is 4.90 Å². The number of hydrogen-bond donors (Lipinski definition) is 0. The summed E-state index contributed by atoms with van der Waals surface area (Å²) in [5.41, 5.74) is 1.67. The Kier molecular flexibility index (Phi) is 4.57. The summed E-state index contributed by atoms with van der Waals surface area (Å²) in [4.78, 5) is 4.81. The van der Waals surface area contributed by atoms with Crippen molar-refractivity contribution in [3.05, 3.63) is 24.3 Å². The van der Waals surface area contributed by atoms with Gasteiger partial charge in [0.05, 0.1) is 11.2 Å². The second-order valence-electron chi connectivity index (χ2n) is 8.98. The fraction of sp³-hybridized carbons (Fsp3) is 0.700. The molecule has 0 spiro atoms. The van der Waals surface area contributed by atoms with E-state index in [2.05, 4.69) is 61.8 Å². The molecule has 2 saturated heterocycles. The molecule has 26 heavy (non-hydrogen) atoms. The minimum absolute atomic E-state index is 0.292. The highest BCUT2D eigenvalue weighted by Gasteiger charge is 2.51. The number of halogens is 1. The van der Waals surface area contributed by atoms with Crippen LogP contribution in [0.4, 0.5) is 10.1 Å². The molecule has 1 aliphatic carbocycles. The standard InChI is InChI=1S/C20H30BFN2O2/c1-19(2)20(3,4)26-21(25-19)16-5-7-17(8-6-16)24-11-9-23(10-12-24)14-15-13-18(15)22/h5-8,15,18H,9-14H2,1-4H3/t15-,18+/m0/s1. The molecule has 142 valence electrons. The summed E-state index contributed by atoms with van der Waals surface area (Å²) in [6.45, 7) is 13.3. The van der Waals surface area contributed by atoms with Crippen molar-refractivity contribution in [3.63, 3.8) is 0 Å². The van der Waals surface area contributed by atoms with Crippen molar-refractivity contribution in [1.29, 1.82) is 0 Å². The van der Waals surface area contributed by atoms with Gasteiger partial charge in [0.2, 0.25) is 0 Å². The Hall–Kier alpha value is -1.11. The Morgan fingerprint density at radius 3 is 2.04 bits per heavy atom. The molecule has 1 saturated carbocycles. The number of piperazine rings is 1. The van der Waals surface area contributed by atoms with Crippen molar-refractivity contribution in [2.75, 3.05) is 37.6 Å². The zero-order valence-corrected chi connectivity index (χ0v) is 16.4. The number of nitrogens with zero attached hydrogens (tertiary/aromatic N) is 2. The number of anilines is 1. The van der Waals surface area contributed by atoms with Crippen LogP contribution in [0, 0.1) is 5.92 Å². The predicted molar refractivity (Wildman–Crippen MR) is 104 cm³/mol. The SMILES string of the molecule is CC1(C)OB(c2ccc(N3CCN(C[C@@H]4C[C@H]4F)CC3)cc2)OC1(C)C. The van der Waals surface area contributed by atoms with E-state index in [0.717, 1.165) is 44.6 Å². The molecule has 2 heterocycles. The van der Waals surface area contributed by atoms with Gasteiger partial charge in [0.1, 0.15) is 6.17 Å².